The van der Waals surface area contributed by atoms with E-state index in [9.17, 15) is 8.60 Å². The van der Waals surface area contributed by atoms with Crippen LogP contribution in [-0.4, -0.2) is 69.1 Å². The minimum Gasteiger partial charge on any atom is -0.492 e. The number of ether oxygens (including phenoxy) is 2. The van der Waals surface area contributed by atoms with Crippen molar-refractivity contribution in [3.05, 3.63) is 60.5 Å². The lowest BCUT2D eigenvalue weighted by atomic mass is 10.1. The van der Waals surface area contributed by atoms with Crippen molar-refractivity contribution in [3.63, 3.8) is 0 Å². The second kappa shape index (κ2) is 11.3. The molecule has 0 radical (unpaired) electrons. The second-order valence-corrected chi connectivity index (χ2v) is 10.4. The van der Waals surface area contributed by atoms with Gasteiger partial charge in [0.1, 0.15) is 34.5 Å². The van der Waals surface area contributed by atoms with E-state index in [0.29, 0.717) is 47.0 Å². The normalized spacial score (nSPS) is 15.2. The maximum Gasteiger partial charge on any atom is 0.229 e. The highest BCUT2D eigenvalue weighted by Crippen LogP contribution is 2.31. The van der Waals surface area contributed by atoms with Crippen LogP contribution in [0.5, 0.6) is 5.75 Å². The molecule has 3 heterocycles. The lowest BCUT2D eigenvalue weighted by Crippen LogP contribution is -2.22. The monoisotopic (exact) mass is 524 g/mol. The molecule has 0 saturated carbocycles. The minimum atomic E-state index is -1.69. The average Bonchev–Trinajstić information content (AvgIpc) is 3.28. The molecule has 5 rings (SSSR count). The number of benzene rings is 2. The Morgan fingerprint density at radius 2 is 1.95 bits per heavy atom. The number of nitrogens with zero attached hydrogens (tertiary/aromatic N) is 5. The molecule has 0 aliphatic carbocycles. The first kappa shape index (κ1) is 25.2. The molecule has 11 heteroatoms. The largest absolute Gasteiger partial charge is 0.492 e. The van der Waals surface area contributed by atoms with Gasteiger partial charge < -0.3 is 19.7 Å². The van der Waals surface area contributed by atoms with Crippen LogP contribution < -0.4 is 10.1 Å². The van der Waals surface area contributed by atoms with Gasteiger partial charge in [0.2, 0.25) is 11.1 Å². The number of fused-ring (bicyclic) bond motifs is 1. The third-order valence-corrected chi connectivity index (χ3v) is 7.35. The van der Waals surface area contributed by atoms with Crippen molar-refractivity contribution in [1.29, 1.82) is 0 Å². The number of aromatic nitrogens is 4. The Hall–Kier alpha value is -3.41. The van der Waals surface area contributed by atoms with Gasteiger partial charge in [-0.25, -0.2) is 18.6 Å². The van der Waals surface area contributed by atoms with E-state index in [1.807, 2.05) is 42.9 Å². The van der Waals surface area contributed by atoms with Crippen molar-refractivity contribution in [1.82, 2.24) is 24.4 Å². The number of hydrogen-bond acceptors (Lipinski definition) is 8. The molecule has 37 heavy (non-hydrogen) atoms. The predicted molar refractivity (Wildman–Crippen MR) is 139 cm³/mol. The first-order valence-electron chi connectivity index (χ1n) is 12.1. The topological polar surface area (TPSA) is 94.4 Å². The van der Waals surface area contributed by atoms with Crippen LogP contribution in [0.25, 0.3) is 11.2 Å². The summed E-state index contributed by atoms with van der Waals surface area (Å²) in [5.74, 6) is 0.732. The molecule has 0 amide bonds. The Morgan fingerprint density at radius 3 is 2.68 bits per heavy atom. The first-order valence-corrected chi connectivity index (χ1v) is 13.3. The highest BCUT2D eigenvalue weighted by atomic mass is 32.2. The third-order valence-electron chi connectivity index (χ3n) is 6.05. The molecule has 2 aromatic heterocycles. The SMILES string of the molecule is CN(C)CCOc1ccc(Nc2ncc3nc(S(=O)c4cccc(F)c4)n(C4CCOCC4)c3n2)cc1. The molecule has 1 N–H and O–H groups in total. The Kier molecular flexibility index (Phi) is 7.73. The molecule has 1 aliphatic rings. The molecule has 4 aromatic rings. The number of halogens is 1. The smallest absolute Gasteiger partial charge is 0.229 e. The lowest BCUT2D eigenvalue weighted by molar-refractivity contribution is 0.0682. The van der Waals surface area contributed by atoms with E-state index in [-0.39, 0.29) is 6.04 Å². The summed E-state index contributed by atoms with van der Waals surface area (Å²) in [5, 5.41) is 3.56. The summed E-state index contributed by atoms with van der Waals surface area (Å²) in [6, 6.07) is 13.4. The van der Waals surface area contributed by atoms with Crippen LogP contribution in [-0.2, 0) is 15.5 Å². The number of imidazole rings is 1. The fourth-order valence-corrected chi connectivity index (χ4v) is 5.36. The van der Waals surface area contributed by atoms with Crippen LogP contribution >= 0.6 is 0 Å². The summed E-state index contributed by atoms with van der Waals surface area (Å²) in [6.45, 7) is 2.63. The Labute approximate surface area is 217 Å². The Balaban J connectivity index is 1.44. The Morgan fingerprint density at radius 1 is 1.16 bits per heavy atom. The summed E-state index contributed by atoms with van der Waals surface area (Å²) in [5.41, 5.74) is 1.91. The van der Waals surface area contributed by atoms with Gasteiger partial charge >= 0.3 is 0 Å². The zero-order valence-electron chi connectivity index (χ0n) is 20.8. The molecule has 1 unspecified atom stereocenters. The minimum absolute atomic E-state index is 0.00704. The second-order valence-electron chi connectivity index (χ2n) is 9.04. The van der Waals surface area contributed by atoms with E-state index in [2.05, 4.69) is 20.2 Å². The quantitative estimate of drug-likeness (QED) is 0.349. The molecular weight excluding hydrogens is 495 g/mol. The molecule has 1 atom stereocenters. The molecule has 0 spiro atoms. The molecule has 0 bridgehead atoms. The molecule has 1 fully saturated rings. The van der Waals surface area contributed by atoms with E-state index in [1.54, 1.807) is 18.3 Å². The van der Waals surface area contributed by atoms with Gasteiger partial charge in [0.05, 0.1) is 6.20 Å². The molecule has 194 valence electrons. The molecule has 1 aliphatic heterocycles. The fraction of sp³-hybridized carbons (Fsp3) is 0.346. The standard InChI is InChI=1S/C26H29FN6O3S/c1-32(2)12-15-36-21-8-6-19(7-9-21)29-25-28-17-23-24(31-25)33(20-10-13-35-14-11-20)26(30-23)37(34)22-5-3-4-18(27)16-22/h3-9,16-17,20H,10-15H2,1-2H3,(H,28,29,31). The van der Waals surface area contributed by atoms with Gasteiger partial charge in [-0.1, -0.05) is 6.07 Å². The van der Waals surface area contributed by atoms with Crippen molar-refractivity contribution in [2.45, 2.75) is 28.9 Å². The maximum absolute atomic E-state index is 13.9. The molecule has 2 aromatic carbocycles. The van der Waals surface area contributed by atoms with Crippen LogP contribution in [0.15, 0.2) is 64.8 Å². The van der Waals surface area contributed by atoms with Gasteiger partial charge in [-0.2, -0.15) is 4.98 Å². The summed E-state index contributed by atoms with van der Waals surface area (Å²) in [4.78, 5) is 16.2. The highest BCUT2D eigenvalue weighted by molar-refractivity contribution is 7.85. The number of hydrogen-bond donors (Lipinski definition) is 1. The molecular formula is C26H29FN6O3S. The number of nitrogens with one attached hydrogen (secondary N) is 1. The zero-order chi connectivity index (χ0) is 25.8. The summed E-state index contributed by atoms with van der Waals surface area (Å²) < 4.78 is 40.6. The van der Waals surface area contributed by atoms with Crippen LogP contribution in [0.3, 0.4) is 0 Å². The van der Waals surface area contributed by atoms with Gasteiger partial charge in [0, 0.05) is 36.4 Å². The molecule has 1 saturated heterocycles. The van der Waals surface area contributed by atoms with Crippen molar-refractivity contribution in [3.8, 4) is 5.75 Å². The lowest BCUT2D eigenvalue weighted by Gasteiger charge is -2.25. The van der Waals surface area contributed by atoms with E-state index in [0.717, 1.165) is 30.8 Å². The van der Waals surface area contributed by atoms with Gasteiger partial charge in [-0.15, -0.1) is 0 Å². The molecule has 9 nitrogen and oxygen atoms in total. The van der Waals surface area contributed by atoms with Gasteiger partial charge in [-0.3, -0.25) is 4.57 Å². The van der Waals surface area contributed by atoms with E-state index < -0.39 is 16.6 Å². The summed E-state index contributed by atoms with van der Waals surface area (Å²) in [6.07, 6.45) is 3.09. The van der Waals surface area contributed by atoms with E-state index >= 15 is 0 Å². The highest BCUT2D eigenvalue weighted by Gasteiger charge is 2.27. The van der Waals surface area contributed by atoms with Crippen LogP contribution in [0.2, 0.25) is 0 Å². The third kappa shape index (κ3) is 5.95. The maximum atomic E-state index is 13.9. The van der Waals surface area contributed by atoms with Crippen molar-refractivity contribution in [2.75, 3.05) is 45.8 Å². The van der Waals surface area contributed by atoms with Crippen LogP contribution in [0.4, 0.5) is 16.0 Å². The summed E-state index contributed by atoms with van der Waals surface area (Å²) in [7, 11) is 2.32. The van der Waals surface area contributed by atoms with Crippen molar-refractivity contribution < 1.29 is 18.1 Å². The predicted octanol–water partition coefficient (Wildman–Crippen LogP) is 4.17. The number of anilines is 2. The van der Waals surface area contributed by atoms with Crippen molar-refractivity contribution in [2.24, 2.45) is 0 Å². The van der Waals surface area contributed by atoms with Crippen LogP contribution in [0.1, 0.15) is 18.9 Å². The number of likely N-dealkylation sites (N-methyl/N-ethyl adjacent to an activating group) is 1. The van der Waals surface area contributed by atoms with Gasteiger partial charge in [0.25, 0.3) is 0 Å². The first-order chi connectivity index (χ1) is 18.0. The van der Waals surface area contributed by atoms with Crippen molar-refractivity contribution >= 4 is 33.6 Å². The van der Waals surface area contributed by atoms with Crippen LogP contribution in [0, 0.1) is 5.82 Å². The van der Waals surface area contributed by atoms with E-state index in [4.69, 9.17) is 14.5 Å². The fourth-order valence-electron chi connectivity index (χ4n) is 4.13. The number of rotatable bonds is 9. The zero-order valence-corrected chi connectivity index (χ0v) is 21.6. The van der Waals surface area contributed by atoms with Gasteiger partial charge in [-0.05, 0) is 69.4 Å². The Bertz CT molecular complexity index is 1390. The summed E-state index contributed by atoms with van der Waals surface area (Å²) >= 11 is 0. The average molecular weight is 525 g/mol. The van der Waals surface area contributed by atoms with Gasteiger partial charge in [0.15, 0.2) is 5.65 Å². The van der Waals surface area contributed by atoms with E-state index in [1.165, 1.54) is 12.1 Å².